The first-order valence-corrected chi connectivity index (χ1v) is 7.14. The number of halogens is 1. The lowest BCUT2D eigenvalue weighted by Gasteiger charge is -2.16. The molecule has 0 fully saturated rings. The zero-order valence-corrected chi connectivity index (χ0v) is 12.7. The first kappa shape index (κ1) is 15.8. The number of nitrogens with zero attached hydrogens (tertiary/aromatic N) is 2. The van der Waals surface area contributed by atoms with Gasteiger partial charge in [0.05, 0.1) is 24.4 Å². The van der Waals surface area contributed by atoms with Gasteiger partial charge in [-0.1, -0.05) is 17.7 Å². The van der Waals surface area contributed by atoms with Crippen molar-refractivity contribution in [2.45, 2.75) is 25.9 Å². The molecular weight excluding hydrogens is 292 g/mol. The van der Waals surface area contributed by atoms with Gasteiger partial charge >= 0.3 is 0 Å². The molecule has 7 heteroatoms. The number of hydrogen-bond acceptors (Lipinski definition) is 6. The van der Waals surface area contributed by atoms with Crippen molar-refractivity contribution in [1.82, 2.24) is 9.97 Å². The lowest BCUT2D eigenvalue weighted by Crippen LogP contribution is -2.21. The van der Waals surface area contributed by atoms with Gasteiger partial charge in [-0.25, -0.2) is 9.97 Å². The Hall–Kier alpha value is -1.63. The van der Waals surface area contributed by atoms with Gasteiger partial charge in [0, 0.05) is 12.1 Å². The van der Waals surface area contributed by atoms with Crippen molar-refractivity contribution < 1.29 is 10.2 Å². The van der Waals surface area contributed by atoms with Crippen LogP contribution < -0.4 is 10.6 Å². The maximum atomic E-state index is 9.13. The lowest BCUT2D eigenvalue weighted by atomic mass is 10.2. The van der Waals surface area contributed by atoms with Crippen LogP contribution in [0.1, 0.15) is 13.8 Å². The van der Waals surface area contributed by atoms with Crippen LogP contribution in [0.4, 0.5) is 11.5 Å². The summed E-state index contributed by atoms with van der Waals surface area (Å²) < 4.78 is 0. The third kappa shape index (κ3) is 3.72. The van der Waals surface area contributed by atoms with Gasteiger partial charge in [0.15, 0.2) is 11.0 Å². The number of fused-ring (bicyclic) bond motifs is 1. The molecule has 6 nitrogen and oxygen atoms in total. The monoisotopic (exact) mass is 310 g/mol. The molecular formula is C14H19ClN4O2. The van der Waals surface area contributed by atoms with Crippen molar-refractivity contribution in [2.24, 2.45) is 0 Å². The Morgan fingerprint density at radius 1 is 1.10 bits per heavy atom. The average molecular weight is 311 g/mol. The van der Waals surface area contributed by atoms with Crippen molar-refractivity contribution >= 4 is 34.1 Å². The van der Waals surface area contributed by atoms with E-state index < -0.39 is 0 Å². The molecule has 0 saturated carbocycles. The Labute approximate surface area is 128 Å². The fraction of sp³-hybridized carbons (Fsp3) is 0.429. The SMILES string of the molecule is C[C@@H](CO)Nc1nc2cccc(N[C@@H](C)CO)c2nc1Cl. The standard InChI is InChI=1S/C14H19ClN4O2/c1-8(6-20)16-10-4-3-5-11-12(10)19-13(15)14(18-11)17-9(2)7-21/h3-5,8-9,16,20-21H,6-7H2,1-2H3,(H,17,18)/t8-,9-/m0/s1. The summed E-state index contributed by atoms with van der Waals surface area (Å²) in [5.74, 6) is 0.443. The van der Waals surface area contributed by atoms with E-state index in [9.17, 15) is 0 Å². The molecule has 0 bridgehead atoms. The number of anilines is 2. The Kier molecular flexibility index (Phi) is 5.17. The van der Waals surface area contributed by atoms with E-state index in [0.717, 1.165) is 5.69 Å². The van der Waals surface area contributed by atoms with Gasteiger partial charge in [-0.2, -0.15) is 0 Å². The van der Waals surface area contributed by atoms with Gasteiger partial charge in [-0.05, 0) is 26.0 Å². The van der Waals surface area contributed by atoms with Gasteiger partial charge in [0.25, 0.3) is 0 Å². The summed E-state index contributed by atoms with van der Waals surface area (Å²) in [6, 6.07) is 5.30. The highest BCUT2D eigenvalue weighted by molar-refractivity contribution is 6.32. The van der Waals surface area contributed by atoms with Crippen LogP contribution in [0.5, 0.6) is 0 Å². The molecule has 21 heavy (non-hydrogen) atoms. The molecule has 0 amide bonds. The predicted molar refractivity (Wildman–Crippen MR) is 84.9 cm³/mol. The van der Waals surface area contributed by atoms with Crippen molar-refractivity contribution in [3.05, 3.63) is 23.4 Å². The molecule has 0 radical (unpaired) electrons. The minimum atomic E-state index is -0.162. The maximum Gasteiger partial charge on any atom is 0.172 e. The first-order valence-electron chi connectivity index (χ1n) is 6.76. The largest absolute Gasteiger partial charge is 0.394 e. The summed E-state index contributed by atoms with van der Waals surface area (Å²) in [6.07, 6.45) is 0. The van der Waals surface area contributed by atoms with Gasteiger partial charge in [0.1, 0.15) is 5.52 Å². The average Bonchev–Trinajstić information content (AvgIpc) is 2.48. The van der Waals surface area contributed by atoms with E-state index in [1.54, 1.807) is 0 Å². The van der Waals surface area contributed by atoms with Crippen LogP contribution in [-0.4, -0.2) is 45.5 Å². The van der Waals surface area contributed by atoms with Gasteiger partial charge in [-0.3, -0.25) is 0 Å². The van der Waals surface area contributed by atoms with E-state index >= 15 is 0 Å². The molecule has 2 rings (SSSR count). The third-order valence-electron chi connectivity index (χ3n) is 2.99. The number of hydrogen-bond donors (Lipinski definition) is 4. The fourth-order valence-corrected chi connectivity index (χ4v) is 2.04. The Bertz CT molecular complexity index is 623. The Morgan fingerprint density at radius 2 is 1.76 bits per heavy atom. The Balaban J connectivity index is 2.41. The summed E-state index contributed by atoms with van der Waals surface area (Å²) in [6.45, 7) is 3.69. The third-order valence-corrected chi connectivity index (χ3v) is 3.25. The highest BCUT2D eigenvalue weighted by Gasteiger charge is 2.12. The molecule has 114 valence electrons. The van der Waals surface area contributed by atoms with E-state index in [0.29, 0.717) is 16.9 Å². The smallest absolute Gasteiger partial charge is 0.172 e. The van der Waals surface area contributed by atoms with Crippen LogP contribution >= 0.6 is 11.6 Å². The zero-order chi connectivity index (χ0) is 15.4. The number of aromatic nitrogens is 2. The van der Waals surface area contributed by atoms with Crippen molar-refractivity contribution in [1.29, 1.82) is 0 Å². The molecule has 1 aromatic carbocycles. The van der Waals surface area contributed by atoms with Crippen LogP contribution in [0.25, 0.3) is 11.0 Å². The predicted octanol–water partition coefficient (Wildman–Crippen LogP) is 1.87. The van der Waals surface area contributed by atoms with Gasteiger partial charge in [0.2, 0.25) is 0 Å². The van der Waals surface area contributed by atoms with Crippen molar-refractivity contribution in [3.63, 3.8) is 0 Å². The molecule has 0 aliphatic carbocycles. The minimum absolute atomic E-state index is 0.0190. The molecule has 1 heterocycles. The molecule has 0 saturated heterocycles. The zero-order valence-electron chi connectivity index (χ0n) is 12.0. The van der Waals surface area contributed by atoms with E-state index in [1.807, 2.05) is 32.0 Å². The van der Waals surface area contributed by atoms with Crippen LogP contribution in [0.15, 0.2) is 18.2 Å². The number of benzene rings is 1. The molecule has 0 unspecified atom stereocenters. The Morgan fingerprint density at radius 3 is 2.43 bits per heavy atom. The van der Waals surface area contributed by atoms with Crippen LogP contribution in [0.3, 0.4) is 0 Å². The minimum Gasteiger partial charge on any atom is -0.394 e. The number of aliphatic hydroxyl groups excluding tert-OH is 2. The van der Waals surface area contributed by atoms with Crippen LogP contribution in [0.2, 0.25) is 5.15 Å². The van der Waals surface area contributed by atoms with Gasteiger partial charge in [-0.15, -0.1) is 0 Å². The number of para-hydroxylation sites is 1. The maximum absolute atomic E-state index is 9.13. The molecule has 0 aliphatic rings. The van der Waals surface area contributed by atoms with E-state index in [4.69, 9.17) is 21.8 Å². The highest BCUT2D eigenvalue weighted by atomic mass is 35.5. The van der Waals surface area contributed by atoms with Crippen LogP contribution in [0, 0.1) is 0 Å². The molecule has 2 atom stereocenters. The van der Waals surface area contributed by atoms with E-state index in [-0.39, 0.29) is 30.5 Å². The van der Waals surface area contributed by atoms with E-state index in [2.05, 4.69) is 20.6 Å². The van der Waals surface area contributed by atoms with Crippen molar-refractivity contribution in [2.75, 3.05) is 23.8 Å². The summed E-state index contributed by atoms with van der Waals surface area (Å²) in [4.78, 5) is 8.80. The first-order chi connectivity index (χ1) is 10.0. The van der Waals surface area contributed by atoms with Gasteiger partial charge < -0.3 is 20.8 Å². The molecule has 4 N–H and O–H groups in total. The summed E-state index contributed by atoms with van der Waals surface area (Å²) in [7, 11) is 0. The topological polar surface area (TPSA) is 90.3 Å². The fourth-order valence-electron chi connectivity index (χ4n) is 1.86. The molecule has 0 aliphatic heterocycles. The molecule has 1 aromatic heterocycles. The second kappa shape index (κ2) is 6.89. The number of nitrogens with one attached hydrogen (secondary N) is 2. The summed E-state index contributed by atoms with van der Waals surface area (Å²) in [5.41, 5.74) is 2.09. The molecule has 2 aromatic rings. The summed E-state index contributed by atoms with van der Waals surface area (Å²) in [5, 5.41) is 24.6. The molecule has 0 spiro atoms. The van der Waals surface area contributed by atoms with E-state index in [1.165, 1.54) is 0 Å². The normalized spacial score (nSPS) is 14.0. The number of rotatable bonds is 6. The van der Waals surface area contributed by atoms with Crippen LogP contribution in [-0.2, 0) is 0 Å². The second-order valence-electron chi connectivity index (χ2n) is 4.99. The highest BCUT2D eigenvalue weighted by Crippen LogP contribution is 2.26. The second-order valence-corrected chi connectivity index (χ2v) is 5.35. The quantitative estimate of drug-likeness (QED) is 0.651. The summed E-state index contributed by atoms with van der Waals surface area (Å²) >= 11 is 6.15. The van der Waals surface area contributed by atoms with Crippen molar-refractivity contribution in [3.8, 4) is 0 Å². The number of aliphatic hydroxyl groups is 2. The lowest BCUT2D eigenvalue weighted by molar-refractivity contribution is 0.281.